The van der Waals surface area contributed by atoms with Crippen molar-refractivity contribution in [2.45, 2.75) is 58.2 Å². The normalized spacial score (nSPS) is 18.4. The van der Waals surface area contributed by atoms with Gasteiger partial charge in [-0.2, -0.15) is 0 Å². The van der Waals surface area contributed by atoms with Gasteiger partial charge in [0.25, 0.3) is 0 Å². The lowest BCUT2D eigenvalue weighted by atomic mass is 9.92. The molecule has 7 nitrogen and oxygen atoms in total. The summed E-state index contributed by atoms with van der Waals surface area (Å²) in [5.74, 6) is 0.516. The number of aromatic nitrogens is 1. The van der Waals surface area contributed by atoms with Crippen LogP contribution in [-0.4, -0.2) is 41.4 Å². The maximum atomic E-state index is 12.7. The van der Waals surface area contributed by atoms with E-state index in [1.165, 1.54) is 6.92 Å². The summed E-state index contributed by atoms with van der Waals surface area (Å²) in [7, 11) is 1.63. The van der Waals surface area contributed by atoms with Crippen LogP contribution in [0.5, 0.6) is 5.75 Å². The lowest BCUT2D eigenvalue weighted by molar-refractivity contribution is 0.101. The molecule has 2 aliphatic rings. The molecule has 0 radical (unpaired) electrons. The Bertz CT molecular complexity index is 1070. The molecule has 166 valence electrons. The van der Waals surface area contributed by atoms with Crippen molar-refractivity contribution in [1.29, 1.82) is 0 Å². The molecule has 1 saturated heterocycles. The Balaban J connectivity index is 1.94. The van der Waals surface area contributed by atoms with Gasteiger partial charge in [0.2, 0.25) is 0 Å². The van der Waals surface area contributed by atoms with E-state index in [-0.39, 0.29) is 35.0 Å². The van der Waals surface area contributed by atoms with Gasteiger partial charge in [-0.25, -0.2) is 0 Å². The van der Waals surface area contributed by atoms with Gasteiger partial charge in [-0.05, 0) is 51.3 Å². The molecule has 0 aliphatic carbocycles. The fourth-order valence-electron chi connectivity index (χ4n) is 4.83. The first-order chi connectivity index (χ1) is 14.8. The minimum atomic E-state index is -0.267. The number of ketones is 1. The first kappa shape index (κ1) is 21.6. The summed E-state index contributed by atoms with van der Waals surface area (Å²) in [6.45, 7) is 6.67. The highest BCUT2D eigenvalue weighted by Crippen LogP contribution is 2.49. The second-order valence-electron chi connectivity index (χ2n) is 8.95. The van der Waals surface area contributed by atoms with Crippen LogP contribution >= 0.6 is 0 Å². The number of fused-ring (bicyclic) bond motifs is 6. The van der Waals surface area contributed by atoms with Crippen molar-refractivity contribution < 1.29 is 19.4 Å². The SMILES string of the molecule is COCc1cc2c(cc1OCCCO)[C@H]1CCC(C)(C)N1n1cc(C(C)=O)c(=O)cc1-2. The highest BCUT2D eigenvalue weighted by atomic mass is 16.5. The van der Waals surface area contributed by atoms with Gasteiger partial charge < -0.3 is 14.6 Å². The van der Waals surface area contributed by atoms with Gasteiger partial charge in [0.15, 0.2) is 11.2 Å². The number of methoxy groups -OCH3 is 1. The van der Waals surface area contributed by atoms with E-state index in [2.05, 4.69) is 24.9 Å². The van der Waals surface area contributed by atoms with Gasteiger partial charge in [-0.1, -0.05) is 0 Å². The third-order valence-corrected chi connectivity index (χ3v) is 6.32. The number of benzene rings is 1. The Labute approximate surface area is 182 Å². The predicted molar refractivity (Wildman–Crippen MR) is 118 cm³/mol. The lowest BCUT2D eigenvalue weighted by Gasteiger charge is -2.44. The summed E-state index contributed by atoms with van der Waals surface area (Å²) in [6, 6.07) is 5.78. The van der Waals surface area contributed by atoms with Crippen LogP contribution in [-0.2, 0) is 11.3 Å². The van der Waals surface area contributed by atoms with Crippen LogP contribution in [0.3, 0.4) is 0 Å². The summed E-state index contributed by atoms with van der Waals surface area (Å²) in [4.78, 5) is 24.8. The molecule has 31 heavy (non-hydrogen) atoms. The molecular formula is C24H30N2O5. The van der Waals surface area contributed by atoms with Crippen LogP contribution < -0.4 is 15.2 Å². The predicted octanol–water partition coefficient (Wildman–Crippen LogP) is 3.19. The Morgan fingerprint density at radius 2 is 2.06 bits per heavy atom. The number of rotatable bonds is 7. The van der Waals surface area contributed by atoms with Crippen LogP contribution in [0, 0.1) is 0 Å². The van der Waals surface area contributed by atoms with E-state index in [0.717, 1.165) is 41.0 Å². The second kappa shape index (κ2) is 8.13. The van der Waals surface area contributed by atoms with Crippen molar-refractivity contribution >= 4 is 5.78 Å². The van der Waals surface area contributed by atoms with Crippen molar-refractivity contribution in [2.75, 3.05) is 25.3 Å². The first-order valence-electron chi connectivity index (χ1n) is 10.8. The number of hydrogen-bond acceptors (Lipinski definition) is 6. The number of nitrogens with zero attached hydrogens (tertiary/aromatic N) is 2. The molecular weight excluding hydrogens is 396 g/mol. The van der Waals surface area contributed by atoms with E-state index in [0.29, 0.717) is 19.6 Å². The van der Waals surface area contributed by atoms with Gasteiger partial charge in [0.1, 0.15) is 5.75 Å². The van der Waals surface area contributed by atoms with E-state index in [1.54, 1.807) is 19.4 Å². The minimum absolute atomic E-state index is 0.0733. The summed E-state index contributed by atoms with van der Waals surface area (Å²) < 4.78 is 13.4. The fourth-order valence-corrected chi connectivity index (χ4v) is 4.83. The molecule has 0 unspecified atom stereocenters. The van der Waals surface area contributed by atoms with Crippen LogP contribution in [0.25, 0.3) is 11.3 Å². The Morgan fingerprint density at radius 3 is 2.74 bits per heavy atom. The summed E-state index contributed by atoms with van der Waals surface area (Å²) in [5, 5.41) is 11.4. The zero-order chi connectivity index (χ0) is 22.3. The van der Waals surface area contributed by atoms with Gasteiger partial charge in [-0.3, -0.25) is 19.3 Å². The molecule has 7 heteroatoms. The fraction of sp³-hybridized carbons (Fsp3) is 0.500. The Hall–Kier alpha value is -2.64. The molecule has 1 N–H and O–H groups in total. The number of ether oxygens (including phenoxy) is 2. The quantitative estimate of drug-likeness (QED) is 0.541. The van der Waals surface area contributed by atoms with E-state index < -0.39 is 0 Å². The summed E-state index contributed by atoms with van der Waals surface area (Å²) in [5.41, 5.74) is 3.54. The highest BCUT2D eigenvalue weighted by molar-refractivity contribution is 5.94. The number of aliphatic hydroxyl groups excluding tert-OH is 1. The molecule has 0 amide bonds. The molecule has 1 aromatic heterocycles. The molecule has 1 aromatic carbocycles. The van der Waals surface area contributed by atoms with E-state index in [1.807, 2.05) is 10.7 Å². The van der Waals surface area contributed by atoms with Crippen molar-refractivity contribution in [3.63, 3.8) is 0 Å². The van der Waals surface area contributed by atoms with Crippen molar-refractivity contribution in [3.05, 3.63) is 51.3 Å². The van der Waals surface area contributed by atoms with Gasteiger partial charge in [-0.15, -0.1) is 0 Å². The average molecular weight is 427 g/mol. The summed E-state index contributed by atoms with van der Waals surface area (Å²) in [6.07, 6.45) is 4.20. The maximum Gasteiger partial charge on any atom is 0.193 e. The number of carbonyl (C=O) groups excluding carboxylic acids is 1. The smallest absolute Gasteiger partial charge is 0.193 e. The van der Waals surface area contributed by atoms with E-state index in [4.69, 9.17) is 14.6 Å². The standard InChI is InChI=1S/C24H30N2O5/c1-15(28)19-13-25-21(12-22(19)29)17-10-16(14-30-4)23(31-9-5-8-27)11-18(17)20-6-7-24(2,3)26(20)25/h10-13,20,27H,5-9,14H2,1-4H3/t20-/m1/s1. The van der Waals surface area contributed by atoms with Crippen molar-refractivity contribution in [1.82, 2.24) is 4.68 Å². The molecule has 3 heterocycles. The lowest BCUT2D eigenvalue weighted by Crippen LogP contribution is -2.50. The van der Waals surface area contributed by atoms with Crippen LogP contribution in [0.2, 0.25) is 0 Å². The molecule has 1 atom stereocenters. The van der Waals surface area contributed by atoms with Gasteiger partial charge in [0, 0.05) is 43.5 Å². The second-order valence-corrected chi connectivity index (χ2v) is 8.95. The van der Waals surface area contributed by atoms with Gasteiger partial charge in [0.05, 0.1) is 36.1 Å². The third kappa shape index (κ3) is 3.66. The molecule has 0 spiro atoms. The molecule has 2 aromatic rings. The topological polar surface area (TPSA) is 81.0 Å². The number of aliphatic hydroxyl groups is 1. The molecule has 2 aliphatic heterocycles. The molecule has 0 saturated carbocycles. The van der Waals surface area contributed by atoms with Gasteiger partial charge >= 0.3 is 0 Å². The summed E-state index contributed by atoms with van der Waals surface area (Å²) >= 11 is 0. The van der Waals surface area contributed by atoms with E-state index >= 15 is 0 Å². The Kier molecular flexibility index (Phi) is 5.66. The largest absolute Gasteiger partial charge is 0.493 e. The number of pyridine rings is 1. The van der Waals surface area contributed by atoms with Crippen LogP contribution in [0.4, 0.5) is 0 Å². The number of carbonyl (C=O) groups is 1. The zero-order valence-corrected chi connectivity index (χ0v) is 18.6. The maximum absolute atomic E-state index is 12.7. The third-order valence-electron chi connectivity index (χ3n) is 6.32. The number of hydrogen-bond donors (Lipinski definition) is 1. The first-order valence-corrected chi connectivity index (χ1v) is 10.8. The zero-order valence-electron chi connectivity index (χ0n) is 18.6. The van der Waals surface area contributed by atoms with Crippen molar-refractivity contribution in [2.24, 2.45) is 0 Å². The minimum Gasteiger partial charge on any atom is -0.493 e. The van der Waals surface area contributed by atoms with Crippen molar-refractivity contribution in [3.8, 4) is 17.0 Å². The number of Topliss-reactive ketones (excluding diaryl/α,β-unsaturated/α-hetero) is 1. The monoisotopic (exact) mass is 426 g/mol. The molecule has 1 fully saturated rings. The van der Waals surface area contributed by atoms with E-state index in [9.17, 15) is 9.59 Å². The van der Waals surface area contributed by atoms with Crippen LogP contribution in [0.1, 0.15) is 67.6 Å². The highest BCUT2D eigenvalue weighted by Gasteiger charge is 2.45. The average Bonchev–Trinajstić information content (AvgIpc) is 3.04. The Morgan fingerprint density at radius 1 is 1.29 bits per heavy atom. The molecule has 4 rings (SSSR count). The van der Waals surface area contributed by atoms with Crippen LogP contribution in [0.15, 0.2) is 29.2 Å². The molecule has 0 bridgehead atoms.